The fourth-order valence-corrected chi connectivity index (χ4v) is 3.55. The number of nitrogens with one attached hydrogen (secondary N) is 2. The molecule has 172 valence electrons. The molecule has 9 heteroatoms. The summed E-state index contributed by atoms with van der Waals surface area (Å²) in [5, 5.41) is 15.4. The topological polar surface area (TPSA) is 76.4 Å². The number of rotatable bonds is 9. The minimum atomic E-state index is -0.303. The van der Waals surface area contributed by atoms with Gasteiger partial charge in [0.15, 0.2) is 5.96 Å². The zero-order valence-corrected chi connectivity index (χ0v) is 20.8. The van der Waals surface area contributed by atoms with Crippen LogP contribution in [0.2, 0.25) is 0 Å². The summed E-state index contributed by atoms with van der Waals surface area (Å²) in [6, 6.07) is 6.17. The Kier molecular flexibility index (Phi) is 11.0. The highest BCUT2D eigenvalue weighted by Crippen LogP contribution is 2.15. The molecule has 1 atom stereocenters. The van der Waals surface area contributed by atoms with Crippen molar-refractivity contribution in [1.29, 1.82) is 0 Å². The second-order valence-corrected chi connectivity index (χ2v) is 7.63. The van der Waals surface area contributed by atoms with E-state index in [1.54, 1.807) is 12.1 Å². The van der Waals surface area contributed by atoms with E-state index in [-0.39, 0.29) is 35.9 Å². The molecule has 1 unspecified atom stereocenters. The summed E-state index contributed by atoms with van der Waals surface area (Å²) in [5.74, 6) is 3.20. The van der Waals surface area contributed by atoms with Crippen molar-refractivity contribution in [3.05, 3.63) is 41.7 Å². The number of hydrogen-bond acceptors (Lipinski definition) is 4. The quantitative estimate of drug-likeness (QED) is 0.218. The van der Waals surface area contributed by atoms with Gasteiger partial charge in [-0.1, -0.05) is 12.5 Å². The molecule has 1 aliphatic rings. The number of guanidine groups is 1. The predicted molar refractivity (Wildman–Crippen MR) is 132 cm³/mol. The van der Waals surface area contributed by atoms with Gasteiger partial charge in [0.05, 0.1) is 6.54 Å². The van der Waals surface area contributed by atoms with Crippen LogP contribution in [0.15, 0.2) is 29.3 Å². The lowest BCUT2D eigenvalue weighted by molar-refractivity contribution is 0.229. The van der Waals surface area contributed by atoms with E-state index >= 15 is 0 Å². The van der Waals surface area contributed by atoms with Crippen molar-refractivity contribution in [2.75, 3.05) is 19.6 Å². The number of ether oxygens (including phenoxy) is 1. The zero-order valence-electron chi connectivity index (χ0n) is 18.4. The molecular weight excluding hydrogens is 510 g/mol. The molecule has 2 heterocycles. The molecule has 3 rings (SSSR count). The maximum atomic E-state index is 13.3. The third kappa shape index (κ3) is 8.27. The molecule has 31 heavy (non-hydrogen) atoms. The van der Waals surface area contributed by atoms with Crippen molar-refractivity contribution in [1.82, 2.24) is 25.4 Å². The Labute approximate surface area is 201 Å². The van der Waals surface area contributed by atoms with Crippen LogP contribution in [0.5, 0.6) is 5.75 Å². The first-order valence-electron chi connectivity index (χ1n) is 11.0. The summed E-state index contributed by atoms with van der Waals surface area (Å²) in [7, 11) is 0. The minimum absolute atomic E-state index is 0. The molecule has 0 bridgehead atoms. The van der Waals surface area contributed by atoms with Gasteiger partial charge in [0, 0.05) is 38.5 Å². The average Bonchev–Trinajstić information content (AvgIpc) is 2.95. The van der Waals surface area contributed by atoms with Crippen molar-refractivity contribution in [2.45, 2.75) is 65.0 Å². The molecule has 0 saturated carbocycles. The molecule has 0 fully saturated rings. The van der Waals surface area contributed by atoms with Crippen LogP contribution in [0.25, 0.3) is 0 Å². The molecule has 1 aliphatic heterocycles. The van der Waals surface area contributed by atoms with Crippen LogP contribution in [0.3, 0.4) is 0 Å². The largest absolute Gasteiger partial charge is 0.489 e. The van der Waals surface area contributed by atoms with Crippen molar-refractivity contribution >= 4 is 29.9 Å². The number of aromatic nitrogens is 3. The second kappa shape index (κ2) is 13.5. The summed E-state index contributed by atoms with van der Waals surface area (Å²) in [5.41, 5.74) is 0. The fourth-order valence-electron chi connectivity index (χ4n) is 3.55. The van der Waals surface area contributed by atoms with Crippen molar-refractivity contribution in [3.8, 4) is 5.75 Å². The zero-order chi connectivity index (χ0) is 21.2. The van der Waals surface area contributed by atoms with E-state index in [1.165, 1.54) is 31.4 Å². The Morgan fingerprint density at radius 1 is 1.26 bits per heavy atom. The molecule has 0 aliphatic carbocycles. The van der Waals surface area contributed by atoms with Gasteiger partial charge in [0.2, 0.25) is 0 Å². The summed E-state index contributed by atoms with van der Waals surface area (Å²) in [6.45, 7) is 7.06. The SMILES string of the molecule is CCNC(=NCC(C)Oc1cccc(F)c1)NCCCc1nnc2n1CCCCC2.I. The van der Waals surface area contributed by atoms with Gasteiger partial charge < -0.3 is 19.9 Å². The number of benzene rings is 1. The summed E-state index contributed by atoms with van der Waals surface area (Å²) >= 11 is 0. The van der Waals surface area contributed by atoms with E-state index in [9.17, 15) is 4.39 Å². The number of nitrogens with zero attached hydrogens (tertiary/aromatic N) is 4. The molecule has 7 nitrogen and oxygen atoms in total. The lowest BCUT2D eigenvalue weighted by Gasteiger charge is -2.15. The van der Waals surface area contributed by atoms with E-state index in [4.69, 9.17) is 4.74 Å². The van der Waals surface area contributed by atoms with Gasteiger partial charge >= 0.3 is 0 Å². The van der Waals surface area contributed by atoms with Crippen LogP contribution in [-0.4, -0.2) is 46.5 Å². The number of aryl methyl sites for hydroxylation is 2. The number of fused-ring (bicyclic) bond motifs is 1. The third-order valence-corrected chi connectivity index (χ3v) is 5.04. The van der Waals surface area contributed by atoms with Crippen LogP contribution in [-0.2, 0) is 19.4 Å². The minimum Gasteiger partial charge on any atom is -0.489 e. The number of aliphatic imine (C=N–C) groups is 1. The van der Waals surface area contributed by atoms with Gasteiger partial charge in [-0.2, -0.15) is 0 Å². The highest BCUT2D eigenvalue weighted by molar-refractivity contribution is 14.0. The van der Waals surface area contributed by atoms with Crippen molar-refractivity contribution in [3.63, 3.8) is 0 Å². The Hall–Kier alpha value is -1.91. The normalized spacial score (nSPS) is 14.7. The first-order chi connectivity index (χ1) is 14.7. The van der Waals surface area contributed by atoms with Crippen molar-refractivity contribution < 1.29 is 9.13 Å². The van der Waals surface area contributed by atoms with E-state index in [0.717, 1.165) is 56.5 Å². The van der Waals surface area contributed by atoms with E-state index in [0.29, 0.717) is 12.3 Å². The molecule has 0 amide bonds. The Morgan fingerprint density at radius 3 is 2.94 bits per heavy atom. The van der Waals surface area contributed by atoms with E-state index < -0.39 is 0 Å². The second-order valence-electron chi connectivity index (χ2n) is 7.63. The molecule has 0 saturated heterocycles. The van der Waals surface area contributed by atoms with Crippen LogP contribution in [0.1, 0.15) is 51.2 Å². The van der Waals surface area contributed by atoms with Crippen LogP contribution < -0.4 is 15.4 Å². The Balaban J connectivity index is 0.00000341. The van der Waals surface area contributed by atoms with Crippen molar-refractivity contribution in [2.24, 2.45) is 4.99 Å². The Morgan fingerprint density at radius 2 is 2.13 bits per heavy atom. The molecule has 1 aromatic carbocycles. The first-order valence-corrected chi connectivity index (χ1v) is 11.0. The van der Waals surface area contributed by atoms with Crippen LogP contribution in [0, 0.1) is 5.82 Å². The summed E-state index contributed by atoms with van der Waals surface area (Å²) in [6.07, 6.45) is 6.43. The summed E-state index contributed by atoms with van der Waals surface area (Å²) in [4.78, 5) is 4.59. The standard InChI is InChI=1S/C22H33FN6O.HI/c1-3-24-22(26-16-17(2)30-19-10-7-9-18(23)15-19)25-13-8-12-21-28-27-20-11-5-4-6-14-29(20)21;/h7,9-10,15,17H,3-6,8,11-14,16H2,1-2H3,(H2,24,25,26);1H. The van der Waals surface area contributed by atoms with Gasteiger partial charge in [-0.05, 0) is 45.2 Å². The average molecular weight is 544 g/mol. The van der Waals surface area contributed by atoms with Gasteiger partial charge in [0.1, 0.15) is 29.3 Å². The van der Waals surface area contributed by atoms with E-state index in [2.05, 4.69) is 30.4 Å². The maximum absolute atomic E-state index is 13.3. The monoisotopic (exact) mass is 544 g/mol. The molecule has 2 N–H and O–H groups in total. The van der Waals surface area contributed by atoms with Crippen LogP contribution in [0.4, 0.5) is 4.39 Å². The molecule has 0 radical (unpaired) electrons. The first kappa shape index (κ1) is 25.4. The summed E-state index contributed by atoms with van der Waals surface area (Å²) < 4.78 is 21.3. The highest BCUT2D eigenvalue weighted by Gasteiger charge is 2.14. The smallest absolute Gasteiger partial charge is 0.191 e. The number of hydrogen-bond donors (Lipinski definition) is 2. The van der Waals surface area contributed by atoms with Gasteiger partial charge in [-0.25, -0.2) is 9.38 Å². The highest BCUT2D eigenvalue weighted by atomic mass is 127. The lowest BCUT2D eigenvalue weighted by atomic mass is 10.2. The molecule has 2 aromatic rings. The van der Waals surface area contributed by atoms with Gasteiger partial charge in [-0.3, -0.25) is 0 Å². The predicted octanol–water partition coefficient (Wildman–Crippen LogP) is 3.72. The third-order valence-electron chi connectivity index (χ3n) is 5.04. The van der Waals surface area contributed by atoms with Gasteiger partial charge in [0.25, 0.3) is 0 Å². The fraction of sp³-hybridized carbons (Fsp3) is 0.591. The number of halogens is 2. The van der Waals surface area contributed by atoms with E-state index in [1.807, 2.05) is 13.8 Å². The molecule has 0 spiro atoms. The maximum Gasteiger partial charge on any atom is 0.191 e. The van der Waals surface area contributed by atoms with Crippen LogP contribution >= 0.6 is 24.0 Å². The molecule has 1 aromatic heterocycles. The van der Waals surface area contributed by atoms with Gasteiger partial charge in [-0.15, -0.1) is 34.2 Å². The molecular formula is C22H34FIN6O. The Bertz CT molecular complexity index is 828. The lowest BCUT2D eigenvalue weighted by Crippen LogP contribution is -2.38.